The molecule has 0 unspecified atom stereocenters. The summed E-state index contributed by atoms with van der Waals surface area (Å²) in [6.07, 6.45) is 3.64. The fourth-order valence-electron chi connectivity index (χ4n) is 4.27. The number of nitrogens with one attached hydrogen (secondary N) is 1. The first kappa shape index (κ1) is 25.6. The van der Waals surface area contributed by atoms with Crippen LogP contribution in [0, 0.1) is 6.92 Å². The van der Waals surface area contributed by atoms with Crippen molar-refractivity contribution in [2.45, 2.75) is 38.0 Å². The Hall–Kier alpha value is -3.52. The maximum absolute atomic E-state index is 13.6. The molecule has 3 aromatic rings. The maximum Gasteiger partial charge on any atom is 0.264 e. The topological polar surface area (TPSA) is 79.0 Å². The Kier molecular flexibility index (Phi) is 8.15. The molecule has 0 bridgehead atoms. The van der Waals surface area contributed by atoms with Crippen LogP contribution < -0.4 is 19.3 Å². The first-order valence-electron chi connectivity index (χ1n) is 12.3. The van der Waals surface area contributed by atoms with Gasteiger partial charge in [-0.3, -0.25) is 9.10 Å². The number of hydrogen-bond acceptors (Lipinski definition) is 5. The van der Waals surface area contributed by atoms with E-state index in [1.807, 2.05) is 38.1 Å². The van der Waals surface area contributed by atoms with Crippen molar-refractivity contribution in [2.24, 2.45) is 0 Å². The quantitative estimate of drug-likeness (QED) is 0.430. The lowest BCUT2D eigenvalue weighted by Gasteiger charge is -2.29. The van der Waals surface area contributed by atoms with Gasteiger partial charge in [0.15, 0.2) is 0 Å². The van der Waals surface area contributed by atoms with Gasteiger partial charge in [-0.1, -0.05) is 17.7 Å². The largest absolute Gasteiger partial charge is 0.494 e. The molecule has 0 aliphatic carbocycles. The smallest absolute Gasteiger partial charge is 0.264 e. The highest BCUT2D eigenvalue weighted by Crippen LogP contribution is 2.27. The Labute approximate surface area is 213 Å². The molecule has 3 aromatic carbocycles. The molecule has 1 aliphatic rings. The van der Waals surface area contributed by atoms with Gasteiger partial charge in [0.05, 0.1) is 17.2 Å². The number of rotatable bonds is 9. The first-order valence-corrected chi connectivity index (χ1v) is 13.8. The summed E-state index contributed by atoms with van der Waals surface area (Å²) in [4.78, 5) is 15.5. The summed E-state index contributed by atoms with van der Waals surface area (Å²) in [5.74, 6) is 0.206. The third kappa shape index (κ3) is 6.18. The second kappa shape index (κ2) is 11.5. The van der Waals surface area contributed by atoms with Gasteiger partial charge in [-0.2, -0.15) is 0 Å². The minimum absolute atomic E-state index is 0.126. The number of amides is 1. The molecule has 0 saturated carbocycles. The van der Waals surface area contributed by atoms with E-state index < -0.39 is 15.9 Å². The van der Waals surface area contributed by atoms with Crippen molar-refractivity contribution in [1.29, 1.82) is 0 Å². The van der Waals surface area contributed by atoms with Gasteiger partial charge in [0.2, 0.25) is 5.91 Å². The van der Waals surface area contributed by atoms with Gasteiger partial charge in [0.25, 0.3) is 10.0 Å². The molecule has 7 nitrogen and oxygen atoms in total. The van der Waals surface area contributed by atoms with Gasteiger partial charge in [-0.15, -0.1) is 0 Å². The number of nitrogens with zero attached hydrogens (tertiary/aromatic N) is 2. The number of carbonyl (C=O) groups excluding carboxylic acids is 1. The lowest BCUT2D eigenvalue weighted by Crippen LogP contribution is -2.38. The normalized spacial score (nSPS) is 13.8. The van der Waals surface area contributed by atoms with Gasteiger partial charge in [-0.05, 0) is 93.8 Å². The van der Waals surface area contributed by atoms with Crippen LogP contribution in [0.25, 0.3) is 0 Å². The van der Waals surface area contributed by atoms with Crippen LogP contribution in [0.4, 0.5) is 17.1 Å². The Morgan fingerprint density at radius 2 is 1.56 bits per heavy atom. The molecule has 4 rings (SSSR count). The van der Waals surface area contributed by atoms with Crippen LogP contribution in [-0.2, 0) is 14.8 Å². The number of hydrogen-bond donors (Lipinski definition) is 1. The van der Waals surface area contributed by atoms with Crippen LogP contribution in [0.1, 0.15) is 31.7 Å². The van der Waals surface area contributed by atoms with E-state index in [2.05, 4.69) is 10.2 Å². The number of aryl methyl sites for hydroxylation is 1. The molecule has 0 spiro atoms. The van der Waals surface area contributed by atoms with E-state index in [1.165, 1.54) is 19.3 Å². The van der Waals surface area contributed by atoms with Crippen LogP contribution in [0.15, 0.2) is 77.7 Å². The molecule has 1 saturated heterocycles. The van der Waals surface area contributed by atoms with Crippen LogP contribution in [0.3, 0.4) is 0 Å². The average Bonchev–Trinajstić information content (AvgIpc) is 2.89. The van der Waals surface area contributed by atoms with Gasteiger partial charge >= 0.3 is 0 Å². The molecule has 0 atom stereocenters. The predicted octanol–water partition coefficient (Wildman–Crippen LogP) is 5.22. The zero-order chi connectivity index (χ0) is 25.5. The molecule has 0 radical (unpaired) electrons. The molecule has 8 heteroatoms. The molecule has 1 fully saturated rings. The number of sulfonamides is 1. The van der Waals surface area contributed by atoms with E-state index in [4.69, 9.17) is 4.74 Å². The Morgan fingerprint density at radius 3 is 2.17 bits per heavy atom. The summed E-state index contributed by atoms with van der Waals surface area (Å²) in [6.45, 7) is 6.00. The van der Waals surface area contributed by atoms with E-state index in [0.29, 0.717) is 23.7 Å². The minimum atomic E-state index is -3.98. The summed E-state index contributed by atoms with van der Waals surface area (Å²) < 4.78 is 33.8. The molecule has 1 heterocycles. The summed E-state index contributed by atoms with van der Waals surface area (Å²) >= 11 is 0. The number of benzene rings is 3. The fourth-order valence-corrected chi connectivity index (χ4v) is 5.69. The lowest BCUT2D eigenvalue weighted by molar-refractivity contribution is -0.114. The highest BCUT2D eigenvalue weighted by Gasteiger charge is 2.27. The summed E-state index contributed by atoms with van der Waals surface area (Å²) in [7, 11) is -3.98. The monoisotopic (exact) mass is 507 g/mol. The standard InChI is InChI=1S/C28H33N3O4S/c1-3-35-26-15-13-25(14-16-26)31(36(33,34)27-17-7-22(2)8-18-27)21-28(32)29-23-9-11-24(12-10-23)30-19-5-4-6-20-30/h7-18H,3-6,19-21H2,1-2H3,(H,29,32). The Balaban J connectivity index is 1.54. The third-order valence-corrected chi connectivity index (χ3v) is 7.99. The molecule has 190 valence electrons. The minimum Gasteiger partial charge on any atom is -0.494 e. The number of ether oxygens (including phenoxy) is 1. The van der Waals surface area contributed by atoms with Gasteiger partial charge < -0.3 is 15.0 Å². The molecule has 1 N–H and O–H groups in total. The molecular formula is C28H33N3O4S. The SMILES string of the molecule is CCOc1ccc(N(CC(=O)Nc2ccc(N3CCCCC3)cc2)S(=O)(=O)c2ccc(C)cc2)cc1. The average molecular weight is 508 g/mol. The predicted molar refractivity (Wildman–Crippen MR) is 144 cm³/mol. The maximum atomic E-state index is 13.6. The van der Waals surface area contributed by atoms with Crippen LogP contribution in [0.2, 0.25) is 0 Å². The number of carbonyl (C=O) groups is 1. The fraction of sp³-hybridized carbons (Fsp3) is 0.321. The van der Waals surface area contributed by atoms with E-state index >= 15 is 0 Å². The second-order valence-electron chi connectivity index (χ2n) is 8.89. The summed E-state index contributed by atoms with van der Waals surface area (Å²) in [5, 5.41) is 2.85. The number of piperidine rings is 1. The second-order valence-corrected chi connectivity index (χ2v) is 10.8. The lowest BCUT2D eigenvalue weighted by atomic mass is 10.1. The Bertz CT molecular complexity index is 1250. The molecular weight excluding hydrogens is 474 g/mol. The molecule has 36 heavy (non-hydrogen) atoms. The molecule has 1 aliphatic heterocycles. The highest BCUT2D eigenvalue weighted by molar-refractivity contribution is 7.92. The van der Waals surface area contributed by atoms with Crippen LogP contribution in [-0.4, -0.2) is 40.6 Å². The summed E-state index contributed by atoms with van der Waals surface area (Å²) in [5.41, 5.74) is 3.09. The van der Waals surface area contributed by atoms with Crippen molar-refractivity contribution in [1.82, 2.24) is 0 Å². The van der Waals surface area contributed by atoms with Crippen LogP contribution in [0.5, 0.6) is 5.75 Å². The van der Waals surface area contributed by atoms with Crippen molar-refractivity contribution >= 4 is 33.0 Å². The van der Waals surface area contributed by atoms with E-state index in [-0.39, 0.29) is 11.4 Å². The van der Waals surface area contributed by atoms with Gasteiger partial charge in [0.1, 0.15) is 12.3 Å². The van der Waals surface area contributed by atoms with Crippen LogP contribution >= 0.6 is 0 Å². The highest BCUT2D eigenvalue weighted by atomic mass is 32.2. The zero-order valence-corrected chi connectivity index (χ0v) is 21.6. The van der Waals surface area contributed by atoms with Crippen molar-refractivity contribution in [3.05, 3.63) is 78.4 Å². The molecule has 1 amide bonds. The molecule has 0 aromatic heterocycles. The third-order valence-electron chi connectivity index (χ3n) is 6.20. The number of anilines is 3. The van der Waals surface area contributed by atoms with E-state index in [1.54, 1.807) is 48.5 Å². The van der Waals surface area contributed by atoms with Crippen molar-refractivity contribution in [2.75, 3.05) is 40.8 Å². The Morgan fingerprint density at radius 1 is 0.917 bits per heavy atom. The van der Waals surface area contributed by atoms with E-state index in [0.717, 1.165) is 28.6 Å². The first-order chi connectivity index (χ1) is 17.4. The van der Waals surface area contributed by atoms with Crippen molar-refractivity contribution in [3.8, 4) is 5.75 Å². The van der Waals surface area contributed by atoms with Crippen molar-refractivity contribution < 1.29 is 17.9 Å². The van der Waals surface area contributed by atoms with Crippen molar-refractivity contribution in [3.63, 3.8) is 0 Å². The van der Waals surface area contributed by atoms with E-state index in [9.17, 15) is 13.2 Å². The zero-order valence-electron chi connectivity index (χ0n) is 20.8. The van der Waals surface area contributed by atoms with Gasteiger partial charge in [0, 0.05) is 24.5 Å². The van der Waals surface area contributed by atoms with Gasteiger partial charge in [-0.25, -0.2) is 8.42 Å². The summed E-state index contributed by atoms with van der Waals surface area (Å²) in [6, 6.07) is 21.0.